The molecule has 73 heavy (non-hydrogen) atoms. The lowest BCUT2D eigenvalue weighted by molar-refractivity contribution is -0.287. The van der Waals surface area contributed by atoms with Crippen molar-refractivity contribution in [2.24, 2.45) is 5.92 Å². The predicted octanol–water partition coefficient (Wildman–Crippen LogP) is 10.3. The van der Waals surface area contributed by atoms with Gasteiger partial charge in [0.15, 0.2) is 28.3 Å². The first kappa shape index (κ1) is 64.7. The third-order valence-electron chi connectivity index (χ3n) is 13.5. The Balaban J connectivity index is 1.28. The van der Waals surface area contributed by atoms with Crippen molar-refractivity contribution in [3.8, 4) is 0 Å². The first-order chi connectivity index (χ1) is 34.9. The molecule has 0 saturated carbocycles. The van der Waals surface area contributed by atoms with Crippen LogP contribution in [0, 0.1) is 5.92 Å². The van der Waals surface area contributed by atoms with Crippen LogP contribution >= 0.6 is 11.8 Å². The third-order valence-corrected chi connectivity index (χ3v) is 14.5. The Morgan fingerprint density at radius 1 is 0.425 bits per heavy atom. The van der Waals surface area contributed by atoms with Gasteiger partial charge in [-0.15, -0.1) is 0 Å². The molecule has 0 aromatic heterocycles. The minimum Gasteiger partial charge on any atom is -0.373 e. The number of ketones is 1. The molecule has 0 bridgehead atoms. The molecule has 4 aliphatic rings. The number of hydrogen-bond donors (Lipinski definition) is 0. The molecule has 0 unspecified atom stereocenters. The van der Waals surface area contributed by atoms with Crippen LogP contribution in [0.5, 0.6) is 0 Å². The molecule has 0 amide bonds. The van der Waals surface area contributed by atoms with Crippen molar-refractivity contribution in [1.82, 2.24) is 0 Å². The van der Waals surface area contributed by atoms with E-state index in [0.29, 0.717) is 52.9 Å². The maximum absolute atomic E-state index is 13.7. The highest BCUT2D eigenvalue weighted by molar-refractivity contribution is 8.13. The summed E-state index contributed by atoms with van der Waals surface area (Å²) in [6.07, 6.45) is 19.3. The van der Waals surface area contributed by atoms with E-state index >= 15 is 0 Å². The Hall–Kier alpha value is -0.870. The van der Waals surface area contributed by atoms with Crippen LogP contribution in [0.15, 0.2) is 0 Å². The summed E-state index contributed by atoms with van der Waals surface area (Å²) in [5.74, 6) is -2.34. The fraction of sp³-hybridized carbons (Fsp3) is 0.964. The molecule has 428 valence electrons. The van der Waals surface area contributed by atoms with Gasteiger partial charge >= 0.3 is 0 Å². The van der Waals surface area contributed by atoms with Crippen LogP contribution in [0.4, 0.5) is 0 Å². The van der Waals surface area contributed by atoms with Gasteiger partial charge in [0.25, 0.3) is 0 Å². The second-order valence-corrected chi connectivity index (χ2v) is 23.6. The van der Waals surface area contributed by atoms with Gasteiger partial charge in [0, 0.05) is 30.9 Å². The Kier molecular flexibility index (Phi) is 31.5. The number of thioether (sulfide) groups is 1. The van der Waals surface area contributed by atoms with Crippen molar-refractivity contribution >= 4 is 22.7 Å². The monoisotopic (exact) mass is 1060 g/mol. The van der Waals surface area contributed by atoms with Crippen LogP contribution < -0.4 is 0 Å². The standard InChI is InChI=1S/C56H102O16S/c1-10-11-12-13-14-15-16-17-18-19-20-21-22-23-24-25-28-73-52(58)27-26-45(57)29-44(30-59-46(32-61-48-36-65-53(2,3)66-37-48)33-62-49-38-67-54(4,5)68-39-49)31-60-47(34-63-50-40-69-55(6,7)70-41-50)35-64-51-42-71-56(8,9)72-43-51/h44,46-51H,10-43H2,1-9H3. The number of Topliss-reactive ketones (excluding diaryl/α,β-unsaturated/α-hetero) is 1. The number of unbranched alkanes of at least 4 members (excludes halogenated alkanes) is 15. The lowest BCUT2D eigenvalue weighted by Gasteiger charge is -2.36. The van der Waals surface area contributed by atoms with Gasteiger partial charge in [0.05, 0.1) is 92.5 Å². The lowest BCUT2D eigenvalue weighted by Crippen LogP contribution is -2.46. The summed E-state index contributed by atoms with van der Waals surface area (Å²) < 4.78 is 85.0. The zero-order valence-electron chi connectivity index (χ0n) is 47.0. The van der Waals surface area contributed by atoms with Gasteiger partial charge in [-0.25, -0.2) is 0 Å². The Morgan fingerprint density at radius 3 is 1.01 bits per heavy atom. The van der Waals surface area contributed by atoms with Crippen LogP contribution in [0.1, 0.15) is 184 Å². The van der Waals surface area contributed by atoms with E-state index in [1.54, 1.807) is 0 Å². The molecule has 0 aromatic rings. The number of ether oxygens (including phenoxy) is 14. The molecular formula is C56H102O16S. The molecule has 0 radical (unpaired) electrons. The van der Waals surface area contributed by atoms with E-state index in [0.717, 1.165) is 18.6 Å². The highest BCUT2D eigenvalue weighted by Gasteiger charge is 2.34. The smallest absolute Gasteiger partial charge is 0.189 e. The van der Waals surface area contributed by atoms with Crippen LogP contribution in [-0.4, -0.2) is 169 Å². The second kappa shape index (κ2) is 35.6. The van der Waals surface area contributed by atoms with Crippen LogP contribution in [0.3, 0.4) is 0 Å². The normalized spacial score (nSPS) is 20.9. The van der Waals surface area contributed by atoms with Crippen molar-refractivity contribution < 1.29 is 75.9 Å². The minimum atomic E-state index is -0.681. The molecule has 4 rings (SSSR count). The zero-order chi connectivity index (χ0) is 52.8. The molecule has 4 heterocycles. The van der Waals surface area contributed by atoms with Crippen molar-refractivity contribution in [1.29, 1.82) is 0 Å². The summed E-state index contributed by atoms with van der Waals surface area (Å²) in [6, 6.07) is 0. The fourth-order valence-electron chi connectivity index (χ4n) is 8.64. The van der Waals surface area contributed by atoms with E-state index in [1.807, 2.05) is 55.4 Å². The molecule has 4 fully saturated rings. The summed E-state index contributed by atoms with van der Waals surface area (Å²) in [5, 5.41) is 0.0540. The predicted molar refractivity (Wildman–Crippen MR) is 282 cm³/mol. The van der Waals surface area contributed by atoms with Crippen LogP contribution in [0.2, 0.25) is 0 Å². The highest BCUT2D eigenvalue weighted by Crippen LogP contribution is 2.24. The number of hydrogen-bond acceptors (Lipinski definition) is 17. The minimum absolute atomic E-state index is 0.0295. The maximum Gasteiger partial charge on any atom is 0.189 e. The molecule has 4 saturated heterocycles. The van der Waals surface area contributed by atoms with Gasteiger partial charge in [0.1, 0.15) is 42.4 Å². The summed E-state index contributed by atoms with van der Waals surface area (Å²) >= 11 is 1.35. The molecule has 16 nitrogen and oxygen atoms in total. The molecule has 0 aliphatic carbocycles. The van der Waals surface area contributed by atoms with E-state index in [9.17, 15) is 9.59 Å². The van der Waals surface area contributed by atoms with Crippen molar-refractivity contribution in [3.05, 3.63) is 0 Å². The molecule has 17 heteroatoms. The summed E-state index contributed by atoms with van der Waals surface area (Å²) in [7, 11) is 0. The van der Waals surface area contributed by atoms with E-state index < -0.39 is 35.4 Å². The van der Waals surface area contributed by atoms with Gasteiger partial charge < -0.3 is 66.3 Å². The number of carbonyl (C=O) groups is 2. The number of carbonyl (C=O) groups excluding carboxylic acids is 2. The molecule has 0 spiro atoms. The SMILES string of the molecule is CCCCCCCCCCCCCCCCCCSC(=O)CCC(=O)CC(COC(COC1COC(C)(C)OC1)COC1COC(C)(C)OC1)COC(COC1COC(C)(C)OC1)COC1COC(C)(C)OC1. The molecule has 4 aliphatic heterocycles. The van der Waals surface area contributed by atoms with Gasteiger partial charge in [0.2, 0.25) is 0 Å². The zero-order valence-corrected chi connectivity index (χ0v) is 47.8. The third kappa shape index (κ3) is 30.8. The van der Waals surface area contributed by atoms with Crippen molar-refractivity contribution in [3.63, 3.8) is 0 Å². The van der Waals surface area contributed by atoms with E-state index in [4.69, 9.17) is 66.3 Å². The fourth-order valence-corrected chi connectivity index (χ4v) is 9.46. The van der Waals surface area contributed by atoms with E-state index in [2.05, 4.69) is 6.92 Å². The maximum atomic E-state index is 13.7. The average molecular weight is 1060 g/mol. The summed E-state index contributed by atoms with van der Waals surface area (Å²) in [5.41, 5.74) is 0. The van der Waals surface area contributed by atoms with Crippen LogP contribution in [0.25, 0.3) is 0 Å². The second-order valence-electron chi connectivity index (χ2n) is 22.5. The Morgan fingerprint density at radius 2 is 0.712 bits per heavy atom. The van der Waals surface area contributed by atoms with Gasteiger partial charge in [-0.2, -0.15) is 0 Å². The van der Waals surface area contributed by atoms with Gasteiger partial charge in [-0.3, -0.25) is 9.59 Å². The molecule has 0 aromatic carbocycles. The number of rotatable bonds is 40. The first-order valence-corrected chi connectivity index (χ1v) is 29.4. The molecule has 0 N–H and O–H groups in total. The van der Waals surface area contributed by atoms with Gasteiger partial charge in [-0.1, -0.05) is 115 Å². The molecular weight excluding hydrogens is 961 g/mol. The quantitative estimate of drug-likeness (QED) is 0.0532. The Bertz CT molecular complexity index is 1290. The van der Waals surface area contributed by atoms with Crippen molar-refractivity contribution in [2.75, 3.05) is 98.2 Å². The topological polar surface area (TPSA) is 163 Å². The summed E-state index contributed by atoms with van der Waals surface area (Å²) in [4.78, 5) is 26.7. The highest BCUT2D eigenvalue weighted by atomic mass is 32.2. The lowest BCUT2D eigenvalue weighted by atomic mass is 10.0. The molecule has 0 atom stereocenters. The average Bonchev–Trinajstić information content (AvgIpc) is 3.35. The first-order valence-electron chi connectivity index (χ1n) is 28.4. The summed E-state index contributed by atoms with van der Waals surface area (Å²) in [6.45, 7) is 21.4. The van der Waals surface area contributed by atoms with Gasteiger partial charge in [-0.05, 0) is 61.8 Å². The largest absolute Gasteiger partial charge is 0.373 e. The van der Waals surface area contributed by atoms with E-state index in [1.165, 1.54) is 102 Å². The Labute approximate surface area is 445 Å². The van der Waals surface area contributed by atoms with Crippen molar-refractivity contribution in [2.45, 2.75) is 244 Å². The van der Waals surface area contributed by atoms with Crippen LogP contribution in [-0.2, 0) is 75.9 Å². The van der Waals surface area contributed by atoms with E-state index in [-0.39, 0.29) is 100 Å².